The molecule has 3 aromatic rings. The number of hydrogen-bond acceptors (Lipinski definition) is 6. The molecule has 0 saturated carbocycles. The number of para-hydroxylation sites is 1. The van der Waals surface area contributed by atoms with Gasteiger partial charge in [0.25, 0.3) is 11.5 Å². The predicted molar refractivity (Wildman–Crippen MR) is 131 cm³/mol. The quantitative estimate of drug-likeness (QED) is 0.449. The van der Waals surface area contributed by atoms with Crippen molar-refractivity contribution in [2.45, 2.75) is 44.8 Å². The molecule has 0 aliphatic carbocycles. The molecule has 1 N–H and O–H groups in total. The molecular weight excluding hydrogens is 444 g/mol. The number of nitrogens with one attached hydrogen (secondary N) is 1. The van der Waals surface area contributed by atoms with Crippen molar-refractivity contribution in [1.29, 1.82) is 0 Å². The molecule has 1 aromatic carbocycles. The van der Waals surface area contributed by atoms with E-state index in [-0.39, 0.29) is 17.9 Å². The Morgan fingerprint density at radius 3 is 2.74 bits per heavy atom. The highest BCUT2D eigenvalue weighted by atomic mass is 16.6. The van der Waals surface area contributed by atoms with Gasteiger partial charge in [-0.25, -0.2) is 9.78 Å². The van der Waals surface area contributed by atoms with Gasteiger partial charge in [0.1, 0.15) is 5.56 Å². The van der Waals surface area contributed by atoms with Gasteiger partial charge in [0.05, 0.1) is 23.4 Å². The van der Waals surface area contributed by atoms with Crippen LogP contribution in [0, 0.1) is 0 Å². The second-order valence-electron chi connectivity index (χ2n) is 9.63. The van der Waals surface area contributed by atoms with Crippen LogP contribution < -0.4 is 10.9 Å². The lowest BCUT2D eigenvalue weighted by molar-refractivity contribution is -0.140. The molecule has 1 saturated heterocycles. The van der Waals surface area contributed by atoms with Gasteiger partial charge in [-0.2, -0.15) is 0 Å². The van der Waals surface area contributed by atoms with Gasteiger partial charge < -0.3 is 19.5 Å². The zero-order chi connectivity index (χ0) is 24.2. The van der Waals surface area contributed by atoms with E-state index < -0.39 is 17.1 Å². The van der Waals surface area contributed by atoms with E-state index >= 15 is 0 Å². The number of nitrogens with zero attached hydrogens (tertiary/aromatic N) is 3. The van der Waals surface area contributed by atoms with Gasteiger partial charge in [0.15, 0.2) is 0 Å². The van der Waals surface area contributed by atoms with E-state index in [1.807, 2.05) is 30.3 Å². The van der Waals surface area contributed by atoms with Crippen molar-refractivity contribution in [3.63, 3.8) is 0 Å². The number of cyclic esters (lactones) is 1. The minimum absolute atomic E-state index is 0.0425. The molecule has 3 aliphatic heterocycles. The van der Waals surface area contributed by atoms with Crippen LogP contribution in [0.2, 0.25) is 0 Å². The average Bonchev–Trinajstić information content (AvgIpc) is 3.39. The summed E-state index contributed by atoms with van der Waals surface area (Å²) in [5, 5.41) is 3.97. The van der Waals surface area contributed by atoms with Crippen LogP contribution in [-0.4, -0.2) is 52.5 Å². The number of aromatic nitrogens is 2. The van der Waals surface area contributed by atoms with Crippen LogP contribution in [0.25, 0.3) is 22.3 Å². The molecule has 180 valence electrons. The number of esters is 1. The van der Waals surface area contributed by atoms with Gasteiger partial charge in [-0.15, -0.1) is 0 Å². The van der Waals surface area contributed by atoms with Gasteiger partial charge in [-0.05, 0) is 50.6 Å². The third-order valence-electron chi connectivity index (χ3n) is 7.61. The van der Waals surface area contributed by atoms with Gasteiger partial charge in [0.2, 0.25) is 5.60 Å². The number of hydrogen-bond donors (Lipinski definition) is 1. The number of pyridine rings is 2. The van der Waals surface area contributed by atoms with Crippen molar-refractivity contribution >= 4 is 22.8 Å². The fourth-order valence-corrected chi connectivity index (χ4v) is 5.70. The molecule has 2 aromatic heterocycles. The Hall–Kier alpha value is -3.52. The minimum Gasteiger partial charge on any atom is -0.440 e. The first-order chi connectivity index (χ1) is 17.0. The molecule has 35 heavy (non-hydrogen) atoms. The standard InChI is InChI=1S/C27H28N4O4/c1-2-27(26(34)28-10-13-30-11-6-3-7-12-30)19-15-21-23-18(14-17-8-4-5-9-20(17)29-23)16-31(21)24(32)22(19)25(33)35-27/h4-5,8-9,14-15H,2-3,6-7,10-13,16H2,1H3,(H,28,34)/t27-/m1/s1. The molecule has 6 rings (SSSR count). The normalized spacial score (nSPS) is 20.9. The summed E-state index contributed by atoms with van der Waals surface area (Å²) in [6.07, 6.45) is 3.85. The monoisotopic (exact) mass is 472 g/mol. The molecule has 1 amide bonds. The fraction of sp³-hybridized carbons (Fsp3) is 0.407. The van der Waals surface area contributed by atoms with Crippen molar-refractivity contribution in [3.05, 3.63) is 63.4 Å². The summed E-state index contributed by atoms with van der Waals surface area (Å²) in [4.78, 5) is 47.0. The summed E-state index contributed by atoms with van der Waals surface area (Å²) in [6.45, 7) is 5.44. The van der Waals surface area contributed by atoms with Crippen LogP contribution in [-0.2, 0) is 21.7 Å². The van der Waals surface area contributed by atoms with Crippen LogP contribution in [0.4, 0.5) is 0 Å². The highest BCUT2D eigenvalue weighted by molar-refractivity contribution is 6.02. The first-order valence-corrected chi connectivity index (χ1v) is 12.4. The zero-order valence-corrected chi connectivity index (χ0v) is 19.8. The number of ether oxygens (including phenoxy) is 1. The first-order valence-electron chi connectivity index (χ1n) is 12.4. The maximum atomic E-state index is 13.5. The lowest BCUT2D eigenvalue weighted by Gasteiger charge is -2.29. The minimum atomic E-state index is -1.51. The van der Waals surface area contributed by atoms with E-state index in [4.69, 9.17) is 9.72 Å². The number of benzene rings is 1. The molecule has 0 bridgehead atoms. The summed E-state index contributed by atoms with van der Waals surface area (Å²) in [5.74, 6) is -1.11. The van der Waals surface area contributed by atoms with Crippen LogP contribution in [0.15, 0.2) is 41.2 Å². The molecule has 1 atom stereocenters. The Balaban J connectivity index is 1.37. The second-order valence-corrected chi connectivity index (χ2v) is 9.63. The van der Waals surface area contributed by atoms with Crippen molar-refractivity contribution < 1.29 is 14.3 Å². The summed E-state index contributed by atoms with van der Waals surface area (Å²) in [6, 6.07) is 11.6. The molecule has 0 radical (unpaired) electrons. The first kappa shape index (κ1) is 22.0. The molecule has 0 spiro atoms. The Labute approximate surface area is 202 Å². The number of amides is 1. The third kappa shape index (κ3) is 3.38. The van der Waals surface area contributed by atoms with Crippen molar-refractivity contribution in [2.24, 2.45) is 0 Å². The Bertz CT molecular complexity index is 1420. The molecule has 3 aliphatic rings. The van der Waals surface area contributed by atoms with Crippen molar-refractivity contribution in [3.8, 4) is 11.4 Å². The Morgan fingerprint density at radius 2 is 1.94 bits per heavy atom. The highest BCUT2D eigenvalue weighted by Crippen LogP contribution is 2.42. The summed E-state index contributed by atoms with van der Waals surface area (Å²) in [5.41, 5.74) is 1.44. The number of likely N-dealkylation sites (tertiary alicyclic amines) is 1. The molecule has 1 fully saturated rings. The molecule has 8 heteroatoms. The van der Waals surface area contributed by atoms with Crippen molar-refractivity contribution in [1.82, 2.24) is 19.8 Å². The molecule has 5 heterocycles. The van der Waals surface area contributed by atoms with E-state index in [1.54, 1.807) is 17.6 Å². The summed E-state index contributed by atoms with van der Waals surface area (Å²) in [7, 11) is 0. The average molecular weight is 473 g/mol. The number of carbonyl (C=O) groups is 2. The number of rotatable bonds is 5. The second kappa shape index (κ2) is 8.30. The maximum Gasteiger partial charge on any atom is 0.345 e. The van der Waals surface area contributed by atoms with Crippen molar-refractivity contribution in [2.75, 3.05) is 26.2 Å². The highest BCUT2D eigenvalue weighted by Gasteiger charge is 2.52. The number of piperidine rings is 1. The van der Waals surface area contributed by atoms with Gasteiger partial charge in [-0.1, -0.05) is 31.5 Å². The van der Waals surface area contributed by atoms with Crippen LogP contribution in [0.1, 0.15) is 54.1 Å². The van der Waals surface area contributed by atoms with Gasteiger partial charge in [-0.3, -0.25) is 9.59 Å². The zero-order valence-electron chi connectivity index (χ0n) is 19.8. The predicted octanol–water partition coefficient (Wildman–Crippen LogP) is 2.80. The largest absolute Gasteiger partial charge is 0.440 e. The van der Waals surface area contributed by atoms with E-state index in [9.17, 15) is 14.4 Å². The maximum absolute atomic E-state index is 13.5. The Kier molecular flexibility index (Phi) is 5.21. The summed E-state index contributed by atoms with van der Waals surface area (Å²) < 4.78 is 7.26. The topological polar surface area (TPSA) is 93.5 Å². The lowest BCUT2D eigenvalue weighted by Crippen LogP contribution is -2.47. The molecular formula is C27H28N4O4. The Morgan fingerprint density at radius 1 is 1.14 bits per heavy atom. The molecule has 0 unspecified atom stereocenters. The van der Waals surface area contributed by atoms with Gasteiger partial charge >= 0.3 is 5.97 Å². The smallest absolute Gasteiger partial charge is 0.345 e. The summed E-state index contributed by atoms with van der Waals surface area (Å²) >= 11 is 0. The van der Waals surface area contributed by atoms with Crippen LogP contribution in [0.5, 0.6) is 0 Å². The van der Waals surface area contributed by atoms with E-state index in [2.05, 4.69) is 10.2 Å². The fourth-order valence-electron chi connectivity index (χ4n) is 5.70. The van der Waals surface area contributed by atoms with E-state index in [1.165, 1.54) is 19.3 Å². The van der Waals surface area contributed by atoms with Crippen LogP contribution >= 0.6 is 0 Å². The van der Waals surface area contributed by atoms with E-state index in [0.717, 1.165) is 36.1 Å². The van der Waals surface area contributed by atoms with Gasteiger partial charge in [0, 0.05) is 29.6 Å². The lowest BCUT2D eigenvalue weighted by atomic mass is 9.88. The SMILES string of the molecule is CC[C@@]1(C(=O)NCCN2CCCCC2)OC(=O)c2c1cc1n(c2=O)Cc2cc3ccccc3nc2-1. The number of carbonyl (C=O) groups excluding carboxylic acids is 2. The third-order valence-corrected chi connectivity index (χ3v) is 7.61. The van der Waals surface area contributed by atoms with E-state index in [0.29, 0.717) is 30.0 Å². The molecule has 8 nitrogen and oxygen atoms in total. The number of fused-ring (bicyclic) bond motifs is 5. The van der Waals surface area contributed by atoms with Crippen LogP contribution in [0.3, 0.4) is 0 Å².